The molecule has 2 unspecified atom stereocenters. The molecular formula is C14H26BrN3O. The van der Waals surface area contributed by atoms with Crippen molar-refractivity contribution in [1.29, 1.82) is 0 Å². The molecule has 4 nitrogen and oxygen atoms in total. The van der Waals surface area contributed by atoms with E-state index in [1.807, 2.05) is 10.9 Å². The van der Waals surface area contributed by atoms with Crippen molar-refractivity contribution in [3.63, 3.8) is 0 Å². The van der Waals surface area contributed by atoms with Gasteiger partial charge in [-0.05, 0) is 28.8 Å². The first-order chi connectivity index (χ1) is 8.72. The smallest absolute Gasteiger partial charge is 0.0632 e. The molecule has 0 aliphatic heterocycles. The predicted octanol–water partition coefficient (Wildman–Crippen LogP) is 2.67. The van der Waals surface area contributed by atoms with Crippen molar-refractivity contribution in [3.05, 3.63) is 16.9 Å². The fraction of sp³-hybridized carbons (Fsp3) is 0.786. The van der Waals surface area contributed by atoms with Gasteiger partial charge in [0.1, 0.15) is 0 Å². The molecule has 1 aromatic heterocycles. The quantitative estimate of drug-likeness (QED) is 0.807. The first-order valence-corrected chi connectivity index (χ1v) is 7.61. The molecule has 0 aliphatic carbocycles. The lowest BCUT2D eigenvalue weighted by atomic mass is 9.80. The highest BCUT2D eigenvalue weighted by Crippen LogP contribution is 2.25. The predicted molar refractivity (Wildman–Crippen MR) is 82.0 cm³/mol. The number of rotatable bonds is 7. The molecule has 1 aromatic rings. The molecule has 0 aliphatic rings. The molecule has 0 radical (unpaired) electrons. The number of halogens is 1. The van der Waals surface area contributed by atoms with Crippen LogP contribution in [0.3, 0.4) is 0 Å². The van der Waals surface area contributed by atoms with E-state index in [0.29, 0.717) is 6.04 Å². The summed E-state index contributed by atoms with van der Waals surface area (Å²) in [7, 11) is 0. The second-order valence-electron chi connectivity index (χ2n) is 6.34. The number of nitrogens with one attached hydrogen (secondary N) is 1. The zero-order valence-corrected chi connectivity index (χ0v) is 14.1. The minimum absolute atomic E-state index is 0.132. The number of hydrogen-bond acceptors (Lipinski definition) is 3. The third kappa shape index (κ3) is 5.24. The van der Waals surface area contributed by atoms with Crippen molar-refractivity contribution in [2.24, 2.45) is 11.3 Å². The standard InChI is InChI=1S/C14H26BrN3O/c1-10(2)13(19)14(4,5)9-16-11(3)7-18-8-12(15)6-17-18/h6,8,10-11,13,16,19H,7,9H2,1-5H3. The van der Waals surface area contributed by atoms with Crippen LogP contribution in [0, 0.1) is 11.3 Å². The monoisotopic (exact) mass is 331 g/mol. The summed E-state index contributed by atoms with van der Waals surface area (Å²) in [6, 6.07) is 0.311. The summed E-state index contributed by atoms with van der Waals surface area (Å²) in [6.07, 6.45) is 3.46. The molecule has 0 amide bonds. The lowest BCUT2D eigenvalue weighted by Gasteiger charge is -2.34. The van der Waals surface area contributed by atoms with Gasteiger partial charge >= 0.3 is 0 Å². The Hall–Kier alpha value is -0.390. The zero-order chi connectivity index (χ0) is 14.6. The van der Waals surface area contributed by atoms with E-state index in [0.717, 1.165) is 17.6 Å². The topological polar surface area (TPSA) is 50.1 Å². The minimum Gasteiger partial charge on any atom is -0.392 e. The Balaban J connectivity index is 2.43. The maximum atomic E-state index is 10.2. The molecule has 0 aromatic carbocycles. The van der Waals surface area contributed by atoms with Gasteiger partial charge < -0.3 is 10.4 Å². The summed E-state index contributed by atoms with van der Waals surface area (Å²) in [4.78, 5) is 0. The largest absolute Gasteiger partial charge is 0.392 e. The van der Waals surface area contributed by atoms with Crippen LogP contribution in [-0.4, -0.2) is 33.6 Å². The maximum Gasteiger partial charge on any atom is 0.0632 e. The summed E-state index contributed by atoms with van der Waals surface area (Å²) < 4.78 is 2.91. The van der Waals surface area contributed by atoms with Gasteiger partial charge in [-0.15, -0.1) is 0 Å². The Morgan fingerprint density at radius 2 is 2.05 bits per heavy atom. The third-order valence-electron chi connectivity index (χ3n) is 3.40. The van der Waals surface area contributed by atoms with Crippen LogP contribution in [-0.2, 0) is 6.54 Å². The molecule has 0 spiro atoms. The molecule has 0 bridgehead atoms. The van der Waals surface area contributed by atoms with Crippen LogP contribution < -0.4 is 5.32 Å². The van der Waals surface area contributed by atoms with E-state index in [2.05, 4.69) is 61.0 Å². The van der Waals surface area contributed by atoms with Crippen LogP contribution in [0.15, 0.2) is 16.9 Å². The molecule has 0 saturated heterocycles. The Labute approximate surface area is 124 Å². The summed E-state index contributed by atoms with van der Waals surface area (Å²) >= 11 is 3.39. The second kappa shape index (κ2) is 6.86. The van der Waals surface area contributed by atoms with Gasteiger partial charge in [-0.3, -0.25) is 4.68 Å². The van der Waals surface area contributed by atoms with Gasteiger partial charge in [0.2, 0.25) is 0 Å². The lowest BCUT2D eigenvalue weighted by molar-refractivity contribution is 0.0121. The van der Waals surface area contributed by atoms with E-state index in [1.54, 1.807) is 6.20 Å². The Morgan fingerprint density at radius 1 is 1.42 bits per heavy atom. The average Bonchev–Trinajstić information content (AvgIpc) is 2.71. The molecule has 110 valence electrons. The van der Waals surface area contributed by atoms with Gasteiger partial charge in [0.05, 0.1) is 23.3 Å². The van der Waals surface area contributed by atoms with Gasteiger partial charge in [0.25, 0.3) is 0 Å². The minimum atomic E-state index is -0.300. The Bertz CT molecular complexity index is 390. The van der Waals surface area contributed by atoms with Crippen LogP contribution in [0.2, 0.25) is 0 Å². The van der Waals surface area contributed by atoms with Gasteiger partial charge in [-0.1, -0.05) is 27.7 Å². The third-order valence-corrected chi connectivity index (χ3v) is 3.81. The SMILES string of the molecule is CC(Cn1cc(Br)cn1)NCC(C)(C)C(O)C(C)C. The van der Waals surface area contributed by atoms with Crippen LogP contribution in [0.1, 0.15) is 34.6 Å². The molecule has 0 saturated carbocycles. The van der Waals surface area contributed by atoms with Gasteiger partial charge in [-0.25, -0.2) is 0 Å². The van der Waals surface area contributed by atoms with E-state index in [9.17, 15) is 5.11 Å². The van der Waals surface area contributed by atoms with Crippen LogP contribution in [0.5, 0.6) is 0 Å². The number of aliphatic hydroxyl groups excluding tert-OH is 1. The molecule has 19 heavy (non-hydrogen) atoms. The van der Waals surface area contributed by atoms with Crippen molar-refractivity contribution < 1.29 is 5.11 Å². The second-order valence-corrected chi connectivity index (χ2v) is 7.26. The molecule has 0 fully saturated rings. The van der Waals surface area contributed by atoms with Crippen LogP contribution >= 0.6 is 15.9 Å². The van der Waals surface area contributed by atoms with Crippen molar-refractivity contribution in [2.75, 3.05) is 6.54 Å². The van der Waals surface area contributed by atoms with E-state index in [1.165, 1.54) is 0 Å². The zero-order valence-electron chi connectivity index (χ0n) is 12.5. The molecule has 1 rings (SSSR count). The fourth-order valence-corrected chi connectivity index (χ4v) is 2.56. The summed E-state index contributed by atoms with van der Waals surface area (Å²) in [6.45, 7) is 12.0. The highest BCUT2D eigenvalue weighted by Gasteiger charge is 2.30. The molecule has 1 heterocycles. The average molecular weight is 332 g/mol. The van der Waals surface area contributed by atoms with Crippen molar-refractivity contribution >= 4 is 15.9 Å². The number of hydrogen-bond donors (Lipinski definition) is 2. The van der Waals surface area contributed by atoms with Crippen molar-refractivity contribution in [3.8, 4) is 0 Å². The fourth-order valence-electron chi connectivity index (χ4n) is 2.23. The molecule has 2 N–H and O–H groups in total. The first kappa shape index (κ1) is 16.7. The van der Waals surface area contributed by atoms with E-state index >= 15 is 0 Å². The normalized spacial score (nSPS) is 15.8. The van der Waals surface area contributed by atoms with Gasteiger partial charge in [0.15, 0.2) is 0 Å². The number of nitrogens with zero attached hydrogens (tertiary/aromatic N) is 2. The Morgan fingerprint density at radius 3 is 2.53 bits per heavy atom. The highest BCUT2D eigenvalue weighted by atomic mass is 79.9. The lowest BCUT2D eigenvalue weighted by Crippen LogP contribution is -2.45. The maximum absolute atomic E-state index is 10.2. The van der Waals surface area contributed by atoms with Gasteiger partial charge in [0, 0.05) is 24.2 Å². The Kier molecular flexibility index (Phi) is 6.02. The van der Waals surface area contributed by atoms with Crippen LogP contribution in [0.4, 0.5) is 0 Å². The van der Waals surface area contributed by atoms with Gasteiger partial charge in [-0.2, -0.15) is 5.10 Å². The first-order valence-electron chi connectivity index (χ1n) is 6.82. The van der Waals surface area contributed by atoms with Crippen molar-refractivity contribution in [1.82, 2.24) is 15.1 Å². The van der Waals surface area contributed by atoms with Crippen LogP contribution in [0.25, 0.3) is 0 Å². The summed E-state index contributed by atoms with van der Waals surface area (Å²) in [5.74, 6) is 0.272. The number of aromatic nitrogens is 2. The molecular weight excluding hydrogens is 306 g/mol. The molecule has 2 atom stereocenters. The van der Waals surface area contributed by atoms with E-state index < -0.39 is 0 Å². The number of aliphatic hydroxyl groups is 1. The molecule has 5 heteroatoms. The van der Waals surface area contributed by atoms with E-state index in [4.69, 9.17) is 0 Å². The van der Waals surface area contributed by atoms with Crippen molar-refractivity contribution in [2.45, 2.75) is 53.3 Å². The summed E-state index contributed by atoms with van der Waals surface area (Å²) in [5.41, 5.74) is -0.132. The highest BCUT2D eigenvalue weighted by molar-refractivity contribution is 9.10. The summed E-state index contributed by atoms with van der Waals surface area (Å²) in [5, 5.41) is 17.9. The van der Waals surface area contributed by atoms with E-state index in [-0.39, 0.29) is 17.4 Å².